The van der Waals surface area contributed by atoms with Crippen molar-refractivity contribution >= 4 is 58.9 Å². The lowest BCUT2D eigenvalue weighted by Gasteiger charge is -2.50. The number of thioether (sulfide) groups is 2. The number of nitriles is 2. The maximum atomic E-state index is 14.2. The Morgan fingerprint density at radius 3 is 1.11 bits per heavy atom. The minimum atomic E-state index is -1.96. The molecule has 40 nitrogen and oxygen atoms in total. The predicted octanol–water partition coefficient (Wildman–Crippen LogP) is 6.07. The number of guanidine groups is 2. The number of likely N-dealkylation sites (N-methyl/N-ethyl adjacent to an activating group) is 2. The molecule has 0 spiro atoms. The van der Waals surface area contributed by atoms with Gasteiger partial charge in [-0.25, -0.2) is 9.97 Å². The van der Waals surface area contributed by atoms with Gasteiger partial charge in [-0.3, -0.25) is 39.8 Å². The average Bonchev–Trinajstić information content (AvgIpc) is 1.02. The zero-order valence-corrected chi connectivity index (χ0v) is 89.3. The van der Waals surface area contributed by atoms with E-state index in [4.69, 9.17) is 76.8 Å². The molecule has 0 aliphatic carbocycles. The van der Waals surface area contributed by atoms with Crippen LogP contribution in [0.3, 0.4) is 0 Å². The molecule has 0 radical (unpaired) electrons. The molecule has 2 aromatic heterocycles. The smallest absolute Gasteiger partial charge is 0.311 e. The molecule has 2 unspecified atom stereocenters. The molecule has 6 aliphatic rings. The van der Waals surface area contributed by atoms with Crippen molar-refractivity contribution in [1.82, 2.24) is 51.0 Å². The number of aliphatic imine (C=N–C) groups is 2. The number of imidazole rings is 2. The number of rotatable bonds is 26. The monoisotopic (exact) mass is 2000 g/mol. The summed E-state index contributed by atoms with van der Waals surface area (Å²) >= 11 is 3.57. The summed E-state index contributed by atoms with van der Waals surface area (Å²) in [5, 5.41) is 119. The fourth-order valence-electron chi connectivity index (χ4n) is 19.5. The van der Waals surface area contributed by atoms with Crippen molar-refractivity contribution in [2.45, 2.75) is 384 Å². The SMILES string of the molecule is CC[C@H]1OC(=O)[C@H](C)[C@@H](O[C@H]2C[C@@](C)(OC)[C@@H](O)[C@H](C)O2)C(C)[C@@H](O[C@@H]2O[C@H](C)C[C@H](N(C)C)[C@H]2O)[C@](C)(OC)C[C@@H](C)C(=O)[C@H](C)[C@@H](O)[C@]1(C)O.CC[C@H]1OC(=O)[C@H](C)[C@@H](O[C@H]2C[C@@](C)(OC)[C@@H](O)[C@H](C)O2)C(C)[C@@H](O[C@@H]2O[C@H](C)C[C@H](N(C)C)[C@H]2O)[C@](C)(OC)C[C@@H](C)C(=O)[C@H](C)[C@@H](O)[C@]1(C)O.CN=C(NC#N)NCCSCc1nc[nH]c1C.CN=C(NC#N)NCCSCc1nc[nH]c1C. The Kier molecular flexibility index (Phi) is 49.2. The number of nitrogens with zero attached hydrogens (tertiary/aromatic N) is 8. The summed E-state index contributed by atoms with van der Waals surface area (Å²) in [4.78, 5) is 82.4. The van der Waals surface area contributed by atoms with Crippen molar-refractivity contribution in [3.8, 4) is 12.4 Å². The number of Topliss-reactive ketones (excluding diaryl/α,β-unsaturated/α-hetero) is 2. The van der Waals surface area contributed by atoms with Crippen LogP contribution in [0.4, 0.5) is 0 Å². The molecular weight excluding hydrogens is 1830 g/mol. The van der Waals surface area contributed by atoms with Crippen LogP contribution in [0.5, 0.6) is 0 Å². The molecule has 138 heavy (non-hydrogen) atoms. The second-order valence-corrected chi connectivity index (χ2v) is 42.0. The van der Waals surface area contributed by atoms with E-state index >= 15 is 0 Å². The first-order chi connectivity index (χ1) is 64.5. The number of aromatic amines is 2. The summed E-state index contributed by atoms with van der Waals surface area (Å²) in [5.41, 5.74) is -4.07. The normalized spacial score (nSPS) is 39.7. The highest BCUT2D eigenvalue weighted by Gasteiger charge is 2.58. The molecule has 6 fully saturated rings. The molecule has 8 rings (SSSR count). The van der Waals surface area contributed by atoms with Crippen molar-refractivity contribution in [3.05, 3.63) is 35.4 Å². The van der Waals surface area contributed by atoms with Crippen LogP contribution >= 0.6 is 23.5 Å². The molecule has 36 atom stereocenters. The van der Waals surface area contributed by atoms with Crippen LogP contribution < -0.4 is 21.3 Å². The van der Waals surface area contributed by atoms with E-state index in [1.165, 1.54) is 42.3 Å². The van der Waals surface area contributed by atoms with Gasteiger partial charge >= 0.3 is 11.9 Å². The van der Waals surface area contributed by atoms with Gasteiger partial charge in [0, 0.05) is 150 Å². The van der Waals surface area contributed by atoms with Crippen molar-refractivity contribution in [2.24, 2.45) is 57.3 Å². The van der Waals surface area contributed by atoms with Crippen molar-refractivity contribution < 1.29 is 126 Å². The number of aryl methyl sites for hydroxylation is 2. The van der Waals surface area contributed by atoms with E-state index in [1.54, 1.807) is 147 Å². The van der Waals surface area contributed by atoms with E-state index < -0.39 is 204 Å². The van der Waals surface area contributed by atoms with Crippen LogP contribution in [0.15, 0.2) is 22.6 Å². The molecule has 8 heterocycles. The number of cyclic esters (lactones) is 2. The molecule has 2 aromatic rings. The van der Waals surface area contributed by atoms with Gasteiger partial charge in [0.1, 0.15) is 59.4 Å². The van der Waals surface area contributed by atoms with Gasteiger partial charge in [0.25, 0.3) is 0 Å². The molecule has 6 saturated heterocycles. The largest absolute Gasteiger partial charge is 0.459 e. The summed E-state index contributed by atoms with van der Waals surface area (Å²) in [5.74, 6) is -4.29. The number of aliphatic hydroxyl groups is 8. The van der Waals surface area contributed by atoms with E-state index in [0.29, 0.717) is 24.8 Å². The van der Waals surface area contributed by atoms with Crippen LogP contribution in [-0.4, -0.2) is 370 Å². The highest BCUT2D eigenvalue weighted by Crippen LogP contribution is 2.46. The fourth-order valence-corrected chi connectivity index (χ4v) is 21.3. The molecule has 0 saturated carbocycles. The van der Waals surface area contributed by atoms with E-state index in [9.17, 15) is 60.0 Å². The van der Waals surface area contributed by atoms with E-state index in [2.05, 4.69) is 51.2 Å². The Labute approximate surface area is 826 Å². The van der Waals surface area contributed by atoms with Crippen LogP contribution in [0, 0.1) is 84.1 Å². The van der Waals surface area contributed by atoms with Crippen LogP contribution in [-0.2, 0) is 97.0 Å². The highest BCUT2D eigenvalue weighted by molar-refractivity contribution is 7.98. The van der Waals surface area contributed by atoms with Gasteiger partial charge in [-0.15, -0.1) is 0 Å². The van der Waals surface area contributed by atoms with Crippen molar-refractivity contribution in [2.75, 3.05) is 95.3 Å². The van der Waals surface area contributed by atoms with Crippen LogP contribution in [0.2, 0.25) is 0 Å². The standard InChI is InChI=1S/2C38H69NO13.2C10H16N6S/c2*1-15-26-38(10,45)31(42)21(4)28(40)19(2)17-37(9,47-14)33(52-35-29(41)25(39(11)12)16-20(3)48-35)22(5)30(23(6)34(44)50-26)51-27-18-36(8,46-13)32(43)24(7)49-27;2*1-8-9(16-7-15-8)5-17-4-3-13-10(12-2)14-6-11/h2*19-27,29-33,35,41-43,45H,15-18H2,1-14H3;2*7H,3-5H2,1-2H3,(H,15,16)(H2,12,13,14)/t2*19-,20-,21+,22?,23-,24+,25+,26-,27+,29-,30+,31-,32+,33-,35+,36-,37-,38-;;/m11../s1. The fraction of sp³-hybridized carbons (Fsp3) is 0.854. The lowest BCUT2D eigenvalue weighted by Crippen LogP contribution is -2.61. The number of H-pyrrole nitrogens is 2. The summed E-state index contributed by atoms with van der Waals surface area (Å²) < 4.78 is 87.7. The Morgan fingerprint density at radius 1 is 0.507 bits per heavy atom. The molecule has 792 valence electrons. The van der Waals surface area contributed by atoms with E-state index in [-0.39, 0.29) is 74.4 Å². The molecule has 6 aliphatic heterocycles. The molecule has 0 amide bonds. The Balaban J connectivity index is 0.000000364. The lowest BCUT2D eigenvalue weighted by molar-refractivity contribution is -0.319. The molecule has 42 heteroatoms. The third kappa shape index (κ3) is 32.0. The number of esters is 2. The van der Waals surface area contributed by atoms with E-state index in [1.807, 2.05) is 91.9 Å². The van der Waals surface area contributed by atoms with Gasteiger partial charge in [-0.1, -0.05) is 55.4 Å². The molecule has 0 aromatic carbocycles. The number of aromatic nitrogens is 4. The summed E-state index contributed by atoms with van der Waals surface area (Å²) in [6.45, 7) is 39.6. The lowest BCUT2D eigenvalue weighted by atomic mass is 9.73. The third-order valence-electron chi connectivity index (χ3n) is 28.8. The van der Waals surface area contributed by atoms with Gasteiger partial charge in [0.2, 0.25) is 11.9 Å². The number of ether oxygens (including phenoxy) is 14. The summed E-state index contributed by atoms with van der Waals surface area (Å²) in [6, 6.07) is -0.566. The quantitative estimate of drug-likeness (QED) is 0.0127. The number of hydrogen-bond acceptors (Lipinski definition) is 36. The first-order valence-electron chi connectivity index (χ1n) is 48.2. The summed E-state index contributed by atoms with van der Waals surface area (Å²) in [6.07, 6.45) is -10.4. The zero-order chi connectivity index (χ0) is 104. The minimum absolute atomic E-state index is 0.111. The third-order valence-corrected chi connectivity index (χ3v) is 30.7. The zero-order valence-electron chi connectivity index (χ0n) is 87.7. The van der Waals surface area contributed by atoms with Crippen molar-refractivity contribution in [1.29, 1.82) is 10.5 Å². The number of nitrogens with one attached hydrogen (secondary N) is 6. The summed E-state index contributed by atoms with van der Waals surface area (Å²) in [7, 11) is 16.8. The minimum Gasteiger partial charge on any atom is -0.459 e. The topological polar surface area (TPSA) is 544 Å². The highest BCUT2D eigenvalue weighted by atomic mass is 32.2. The van der Waals surface area contributed by atoms with Crippen molar-refractivity contribution in [3.63, 3.8) is 0 Å². The van der Waals surface area contributed by atoms with Gasteiger partial charge in [-0.2, -0.15) is 34.0 Å². The van der Waals surface area contributed by atoms with Crippen LogP contribution in [0.1, 0.15) is 213 Å². The number of aliphatic hydroxyl groups excluding tert-OH is 6. The van der Waals surface area contributed by atoms with E-state index in [0.717, 1.165) is 58.9 Å². The molecule has 0 bridgehead atoms. The number of carbonyl (C=O) groups excluding carboxylic acids is 4. The second kappa shape index (κ2) is 55.4. The number of hydrogen-bond donors (Lipinski definition) is 14. The predicted molar refractivity (Wildman–Crippen MR) is 521 cm³/mol. The Morgan fingerprint density at radius 2 is 0.833 bits per heavy atom. The van der Waals surface area contributed by atoms with Crippen LogP contribution in [0.25, 0.3) is 0 Å². The number of carbonyl (C=O) groups is 4. The molecular formula is C96H170N14O26S2. The first-order valence-corrected chi connectivity index (χ1v) is 50.5. The average molecular weight is 2000 g/mol. The molecule has 14 N–H and O–H groups in total. The van der Waals surface area contributed by atoms with Gasteiger partial charge in [0.15, 0.2) is 37.5 Å². The maximum Gasteiger partial charge on any atom is 0.311 e. The van der Waals surface area contributed by atoms with Gasteiger partial charge in [-0.05, 0) is 164 Å². The number of methoxy groups -OCH3 is 4. The Bertz CT molecular complexity index is 3930. The second-order valence-electron chi connectivity index (χ2n) is 39.8. The van der Waals surface area contributed by atoms with Gasteiger partial charge in [0.05, 0.1) is 119 Å². The first kappa shape index (κ1) is 123. The maximum absolute atomic E-state index is 14.2. The van der Waals surface area contributed by atoms with Gasteiger partial charge < -0.3 is 138 Å². The Hall–Kier alpha value is -5.96. The number of ketones is 2.